The Morgan fingerprint density at radius 2 is 1.86 bits per heavy atom. The molecule has 10 nitrogen and oxygen atoms in total. The Bertz CT molecular complexity index is 885. The van der Waals surface area contributed by atoms with Gasteiger partial charge in [0, 0.05) is 33.2 Å². The number of para-hydroxylation sites is 1. The highest BCUT2D eigenvalue weighted by Gasteiger charge is 2.50. The minimum atomic E-state index is -1.10. The number of nitrogens with zero attached hydrogens (tertiary/aromatic N) is 5. The van der Waals surface area contributed by atoms with Crippen LogP contribution in [0, 0.1) is 5.82 Å². The van der Waals surface area contributed by atoms with E-state index in [1.54, 1.807) is 18.2 Å². The third kappa shape index (κ3) is 3.32. The normalized spacial score (nSPS) is 24.4. The van der Waals surface area contributed by atoms with Crippen LogP contribution < -0.4 is 10.2 Å². The molecule has 3 aliphatic rings. The summed E-state index contributed by atoms with van der Waals surface area (Å²) >= 11 is 0. The average Bonchev–Trinajstić information content (AvgIpc) is 3.06. The molecule has 2 saturated heterocycles. The van der Waals surface area contributed by atoms with Crippen molar-refractivity contribution in [1.82, 2.24) is 20.0 Å². The van der Waals surface area contributed by atoms with Crippen molar-refractivity contribution in [3.63, 3.8) is 0 Å². The number of piperazine rings is 1. The largest absolute Gasteiger partial charge is 0.480 e. The molecule has 2 atom stereocenters. The molecule has 3 aliphatic heterocycles. The highest BCUT2D eigenvalue weighted by molar-refractivity contribution is 6.04. The van der Waals surface area contributed by atoms with Gasteiger partial charge in [0.15, 0.2) is 18.2 Å². The third-order valence-corrected chi connectivity index (χ3v) is 5.40. The van der Waals surface area contributed by atoms with Crippen LogP contribution in [0.3, 0.4) is 0 Å². The number of carboxylic acid groups (broad SMARTS) is 1. The van der Waals surface area contributed by atoms with E-state index < -0.39 is 36.7 Å². The average molecular weight is 404 g/mol. The molecule has 29 heavy (non-hydrogen) atoms. The Morgan fingerprint density at radius 3 is 2.52 bits per heavy atom. The van der Waals surface area contributed by atoms with Crippen molar-refractivity contribution in [1.29, 1.82) is 0 Å². The van der Waals surface area contributed by atoms with Gasteiger partial charge < -0.3 is 24.7 Å². The summed E-state index contributed by atoms with van der Waals surface area (Å²) in [6.07, 6.45) is -0.782. The molecule has 0 spiro atoms. The number of hydrogen-bond acceptors (Lipinski definition) is 7. The quantitative estimate of drug-likeness (QED) is 0.704. The lowest BCUT2D eigenvalue weighted by atomic mass is 10.1. The Balaban J connectivity index is 1.55. The number of carbonyl (C=O) groups is 3. The van der Waals surface area contributed by atoms with E-state index in [2.05, 4.69) is 10.3 Å². The first-order chi connectivity index (χ1) is 13.9. The van der Waals surface area contributed by atoms with E-state index in [-0.39, 0.29) is 5.82 Å². The number of imide groups is 1. The topological polar surface area (TPSA) is 109 Å². The van der Waals surface area contributed by atoms with Crippen molar-refractivity contribution in [2.75, 3.05) is 44.7 Å². The predicted octanol–water partition coefficient (Wildman–Crippen LogP) is -0.420. The number of carboxylic acids is 1. The molecule has 11 heteroatoms. The summed E-state index contributed by atoms with van der Waals surface area (Å²) in [7, 11) is 1.51. The monoisotopic (exact) mass is 404 g/mol. The fraction of sp³-hybridized carbons (Fsp3) is 0.444. The highest BCUT2D eigenvalue weighted by Crippen LogP contribution is 2.27. The lowest BCUT2D eigenvalue weighted by molar-refractivity contribution is -0.138. The lowest BCUT2D eigenvalue weighted by Crippen LogP contribution is -2.65. The molecule has 0 radical (unpaired) electrons. The van der Waals surface area contributed by atoms with E-state index in [0.717, 1.165) is 0 Å². The fourth-order valence-corrected chi connectivity index (χ4v) is 3.95. The van der Waals surface area contributed by atoms with Crippen molar-refractivity contribution in [3.05, 3.63) is 30.1 Å². The van der Waals surface area contributed by atoms with Crippen LogP contribution in [-0.4, -0.2) is 95.7 Å². The third-order valence-electron chi connectivity index (χ3n) is 5.40. The van der Waals surface area contributed by atoms with Crippen LogP contribution in [0.25, 0.3) is 0 Å². The molecular weight excluding hydrogens is 383 g/mol. The number of nitrogens with one attached hydrogen (secondary N) is 1. The zero-order chi connectivity index (χ0) is 20.7. The molecule has 154 valence electrons. The first kappa shape index (κ1) is 19.0. The number of fused-ring (bicyclic) bond motifs is 1. The molecule has 1 aromatic rings. The van der Waals surface area contributed by atoms with Crippen LogP contribution in [0.4, 0.5) is 14.9 Å². The van der Waals surface area contributed by atoms with E-state index in [9.17, 15) is 23.9 Å². The number of urea groups is 1. The maximum Gasteiger partial charge on any atom is 0.325 e. The maximum absolute atomic E-state index is 14.1. The van der Waals surface area contributed by atoms with E-state index in [1.807, 2.05) is 9.80 Å². The smallest absolute Gasteiger partial charge is 0.325 e. The number of halogens is 1. The van der Waals surface area contributed by atoms with Gasteiger partial charge in [-0.1, -0.05) is 12.1 Å². The maximum atomic E-state index is 14.1. The lowest BCUT2D eigenvalue weighted by Gasteiger charge is -2.40. The zero-order valence-corrected chi connectivity index (χ0v) is 15.8. The summed E-state index contributed by atoms with van der Waals surface area (Å²) < 4.78 is 14.1. The van der Waals surface area contributed by atoms with Gasteiger partial charge in [-0.15, -0.1) is 0 Å². The number of hydrogen-bond donors (Lipinski definition) is 2. The number of carbonyl (C=O) groups excluding carboxylic acids is 2. The van der Waals surface area contributed by atoms with Crippen molar-refractivity contribution in [2.24, 2.45) is 4.99 Å². The molecule has 3 amide bonds. The fourth-order valence-electron chi connectivity index (χ4n) is 3.95. The van der Waals surface area contributed by atoms with Gasteiger partial charge in [0.1, 0.15) is 12.4 Å². The first-order valence-corrected chi connectivity index (χ1v) is 9.25. The number of guanidine groups is 1. The number of benzene rings is 1. The van der Waals surface area contributed by atoms with E-state index in [0.29, 0.717) is 37.8 Å². The zero-order valence-electron chi connectivity index (χ0n) is 15.8. The number of aliphatic carboxylic acids is 1. The van der Waals surface area contributed by atoms with Crippen molar-refractivity contribution in [2.45, 2.75) is 12.2 Å². The van der Waals surface area contributed by atoms with E-state index in [1.165, 1.54) is 22.9 Å². The molecule has 2 fully saturated rings. The molecule has 2 unspecified atom stereocenters. The van der Waals surface area contributed by atoms with Crippen molar-refractivity contribution < 1.29 is 23.9 Å². The molecule has 0 aromatic heterocycles. The number of amides is 3. The Morgan fingerprint density at radius 1 is 1.21 bits per heavy atom. The van der Waals surface area contributed by atoms with Gasteiger partial charge in [-0.05, 0) is 12.1 Å². The second-order valence-electron chi connectivity index (χ2n) is 7.14. The molecule has 0 saturated carbocycles. The number of aliphatic imine (C=N–C) groups is 1. The SMILES string of the molecule is CN1C(=O)NC(=O)C2C1N=C(N1CCN(c3ccccc3F)CC1)N2CC(=O)O. The number of rotatable bonds is 3. The predicted molar refractivity (Wildman–Crippen MR) is 101 cm³/mol. The molecule has 4 rings (SSSR count). The van der Waals surface area contributed by atoms with Crippen molar-refractivity contribution in [3.8, 4) is 0 Å². The highest BCUT2D eigenvalue weighted by atomic mass is 19.1. The minimum Gasteiger partial charge on any atom is -0.480 e. The molecule has 1 aromatic carbocycles. The summed E-state index contributed by atoms with van der Waals surface area (Å²) in [4.78, 5) is 46.8. The van der Waals surface area contributed by atoms with Gasteiger partial charge in [-0.25, -0.2) is 14.2 Å². The molecular formula is C18H21FN6O4. The van der Waals surface area contributed by atoms with Crippen LogP contribution in [-0.2, 0) is 9.59 Å². The Labute approximate surface area is 166 Å². The summed E-state index contributed by atoms with van der Waals surface area (Å²) in [6.45, 7) is 1.56. The van der Waals surface area contributed by atoms with Crippen LogP contribution in [0.2, 0.25) is 0 Å². The van der Waals surface area contributed by atoms with Gasteiger partial charge in [0.05, 0.1) is 5.69 Å². The molecule has 0 bridgehead atoms. The molecule has 2 N–H and O–H groups in total. The first-order valence-electron chi connectivity index (χ1n) is 9.25. The van der Waals surface area contributed by atoms with Crippen LogP contribution in [0.15, 0.2) is 29.3 Å². The van der Waals surface area contributed by atoms with E-state index >= 15 is 0 Å². The summed E-state index contributed by atoms with van der Waals surface area (Å²) in [5.41, 5.74) is 0.515. The second kappa shape index (κ2) is 7.22. The number of anilines is 1. The van der Waals surface area contributed by atoms with Gasteiger partial charge in [-0.3, -0.25) is 14.9 Å². The van der Waals surface area contributed by atoms with Crippen molar-refractivity contribution >= 4 is 29.6 Å². The second-order valence-corrected chi connectivity index (χ2v) is 7.14. The van der Waals surface area contributed by atoms with E-state index in [4.69, 9.17) is 0 Å². The summed E-state index contributed by atoms with van der Waals surface area (Å²) in [5, 5.41) is 11.6. The van der Waals surface area contributed by atoms with Crippen LogP contribution in [0.1, 0.15) is 0 Å². The van der Waals surface area contributed by atoms with Gasteiger partial charge in [-0.2, -0.15) is 0 Å². The standard InChI is InChI=1S/C18H21FN6O4/c1-22-15-14(16(28)21-18(22)29)25(10-13(26)27)17(20-15)24-8-6-23(7-9-24)12-5-3-2-4-11(12)19/h2-5,14-15H,6-10H2,1H3,(H,26,27)(H,21,28,29). The van der Waals surface area contributed by atoms with Gasteiger partial charge >= 0.3 is 12.0 Å². The Kier molecular flexibility index (Phi) is 4.73. The van der Waals surface area contributed by atoms with Gasteiger partial charge in [0.25, 0.3) is 5.91 Å². The summed E-state index contributed by atoms with van der Waals surface area (Å²) in [6, 6.07) is 5.07. The summed E-state index contributed by atoms with van der Waals surface area (Å²) in [5.74, 6) is -1.60. The molecule has 3 heterocycles. The Hall–Kier alpha value is -3.37. The molecule has 0 aliphatic carbocycles. The van der Waals surface area contributed by atoms with Crippen LogP contribution >= 0.6 is 0 Å². The minimum absolute atomic E-state index is 0.297. The van der Waals surface area contributed by atoms with Gasteiger partial charge in [0.2, 0.25) is 0 Å². The number of likely N-dealkylation sites (N-methyl/N-ethyl adjacent to an activating group) is 1. The van der Waals surface area contributed by atoms with Crippen LogP contribution in [0.5, 0.6) is 0 Å².